The molecule has 10 heteroatoms. The Labute approximate surface area is 242 Å². The fraction of sp³-hybridized carbons (Fsp3) is 0.667. The molecular formula is C30H44ClN3O6. The SMILES string of the molecule is CCOc1ccc(/C(C[C@H]2C[C@@H](C(=O)OC)N(C(=O)[C@@H](NC(=O)CC3CCCCC3)C(C)(C)C)C2)=N/O)cc1Cl. The van der Waals surface area contributed by atoms with Crippen LogP contribution in [0, 0.1) is 17.3 Å². The Hall–Kier alpha value is -2.81. The van der Waals surface area contributed by atoms with Gasteiger partial charge in [-0.15, -0.1) is 0 Å². The van der Waals surface area contributed by atoms with Crippen molar-refractivity contribution in [3.63, 3.8) is 0 Å². The van der Waals surface area contributed by atoms with Crippen LogP contribution in [0.4, 0.5) is 0 Å². The standard InChI is InChI=1S/C30H44ClN3O6/c1-6-40-25-13-12-21(17-22(25)31)23(33-38)14-20-15-24(29(37)39-5)34(18-20)28(36)27(30(2,3)4)32-26(35)16-19-10-8-7-9-11-19/h12-13,17,19-20,24,27,38H,6-11,14-16,18H2,1-5H3,(H,32,35)/b33-23+/t20-,24-,27+/m0/s1. The van der Waals surface area contributed by atoms with Gasteiger partial charge in [0, 0.05) is 18.5 Å². The third-order valence-corrected chi connectivity index (χ3v) is 8.22. The fourth-order valence-corrected chi connectivity index (χ4v) is 6.04. The highest BCUT2D eigenvalue weighted by Crippen LogP contribution is 2.33. The largest absolute Gasteiger partial charge is 0.492 e. The second-order valence-electron chi connectivity index (χ2n) is 12.0. The molecule has 40 heavy (non-hydrogen) atoms. The number of oxime groups is 1. The number of amides is 2. The fourth-order valence-electron chi connectivity index (χ4n) is 5.80. The van der Waals surface area contributed by atoms with E-state index in [0.717, 1.165) is 25.7 Å². The van der Waals surface area contributed by atoms with E-state index < -0.39 is 23.5 Å². The van der Waals surface area contributed by atoms with Crippen molar-refractivity contribution in [2.45, 2.75) is 91.1 Å². The number of carbonyl (C=O) groups is 3. The highest BCUT2D eigenvalue weighted by atomic mass is 35.5. The molecule has 0 unspecified atom stereocenters. The Morgan fingerprint density at radius 2 is 1.85 bits per heavy atom. The predicted octanol–water partition coefficient (Wildman–Crippen LogP) is 5.20. The van der Waals surface area contributed by atoms with Crippen molar-refractivity contribution in [1.82, 2.24) is 10.2 Å². The van der Waals surface area contributed by atoms with Crippen LogP contribution in [0.25, 0.3) is 0 Å². The van der Waals surface area contributed by atoms with Crippen LogP contribution < -0.4 is 10.1 Å². The lowest BCUT2D eigenvalue weighted by Crippen LogP contribution is -2.57. The van der Waals surface area contributed by atoms with E-state index >= 15 is 0 Å². The Kier molecular flexibility index (Phi) is 11.3. The van der Waals surface area contributed by atoms with Crippen LogP contribution in [0.15, 0.2) is 23.4 Å². The Bertz CT molecular complexity index is 1080. The van der Waals surface area contributed by atoms with Crippen molar-refractivity contribution >= 4 is 35.1 Å². The third-order valence-electron chi connectivity index (χ3n) is 7.93. The van der Waals surface area contributed by atoms with E-state index in [-0.39, 0.29) is 24.3 Å². The summed E-state index contributed by atoms with van der Waals surface area (Å²) in [4.78, 5) is 41.3. The molecule has 1 aromatic rings. The maximum atomic E-state index is 14.0. The summed E-state index contributed by atoms with van der Waals surface area (Å²) < 4.78 is 10.5. The highest BCUT2D eigenvalue weighted by molar-refractivity contribution is 6.32. The molecule has 3 atom stereocenters. The van der Waals surface area contributed by atoms with Crippen LogP contribution in [0.1, 0.15) is 84.6 Å². The van der Waals surface area contributed by atoms with Crippen LogP contribution in [0.2, 0.25) is 5.02 Å². The molecule has 9 nitrogen and oxygen atoms in total. The summed E-state index contributed by atoms with van der Waals surface area (Å²) in [5, 5.41) is 16.7. The van der Waals surface area contributed by atoms with E-state index in [1.54, 1.807) is 18.2 Å². The molecule has 2 aliphatic rings. The molecule has 2 N–H and O–H groups in total. The second-order valence-corrected chi connectivity index (χ2v) is 12.4. The van der Waals surface area contributed by atoms with Crippen LogP contribution in [0.3, 0.4) is 0 Å². The van der Waals surface area contributed by atoms with Gasteiger partial charge in [0.25, 0.3) is 0 Å². The van der Waals surface area contributed by atoms with E-state index in [0.29, 0.717) is 53.8 Å². The number of ether oxygens (including phenoxy) is 2. The topological polar surface area (TPSA) is 118 Å². The Balaban J connectivity index is 1.77. The number of hydrogen-bond acceptors (Lipinski definition) is 7. The number of benzene rings is 1. The van der Waals surface area contributed by atoms with Gasteiger partial charge in [0.05, 0.1) is 24.5 Å². The molecule has 2 amide bonds. The lowest BCUT2D eigenvalue weighted by atomic mass is 9.84. The molecule has 1 saturated heterocycles. The Morgan fingerprint density at radius 3 is 2.42 bits per heavy atom. The molecule has 0 aromatic heterocycles. The summed E-state index contributed by atoms with van der Waals surface area (Å²) in [6.45, 7) is 8.31. The summed E-state index contributed by atoms with van der Waals surface area (Å²) in [6, 6.07) is 3.56. The molecule has 1 aliphatic heterocycles. The van der Waals surface area contributed by atoms with Gasteiger partial charge in [-0.05, 0) is 68.1 Å². The number of likely N-dealkylation sites (tertiary alicyclic amines) is 1. The molecule has 2 fully saturated rings. The molecule has 1 aliphatic carbocycles. The number of hydrogen-bond donors (Lipinski definition) is 2. The molecule has 0 bridgehead atoms. The van der Waals surface area contributed by atoms with Gasteiger partial charge < -0.3 is 24.9 Å². The van der Waals surface area contributed by atoms with E-state index in [1.807, 2.05) is 27.7 Å². The average molecular weight is 578 g/mol. The van der Waals surface area contributed by atoms with Gasteiger partial charge in [-0.3, -0.25) is 9.59 Å². The average Bonchev–Trinajstić information content (AvgIpc) is 3.34. The van der Waals surface area contributed by atoms with Crippen LogP contribution in [0.5, 0.6) is 5.75 Å². The number of nitrogens with zero attached hydrogens (tertiary/aromatic N) is 2. The normalized spacial score (nSPS) is 21.1. The molecule has 0 spiro atoms. The molecule has 1 aromatic carbocycles. The first-order valence-corrected chi connectivity index (χ1v) is 14.7. The first-order chi connectivity index (χ1) is 19.0. The minimum Gasteiger partial charge on any atom is -0.492 e. The number of methoxy groups -OCH3 is 1. The van der Waals surface area contributed by atoms with Gasteiger partial charge in [0.2, 0.25) is 11.8 Å². The summed E-state index contributed by atoms with van der Waals surface area (Å²) in [7, 11) is 1.30. The first-order valence-electron chi connectivity index (χ1n) is 14.3. The molecule has 3 rings (SSSR count). The second kappa shape index (κ2) is 14.2. The number of rotatable bonds is 10. The van der Waals surface area contributed by atoms with Gasteiger partial charge >= 0.3 is 5.97 Å². The summed E-state index contributed by atoms with van der Waals surface area (Å²) in [5.74, 6) is -0.254. The van der Waals surface area contributed by atoms with Crippen molar-refractivity contribution in [1.29, 1.82) is 0 Å². The minimum absolute atomic E-state index is 0.132. The van der Waals surface area contributed by atoms with Gasteiger partial charge in [-0.2, -0.15) is 0 Å². The van der Waals surface area contributed by atoms with Crippen molar-refractivity contribution < 1.29 is 29.1 Å². The molecule has 222 valence electrons. The van der Waals surface area contributed by atoms with Crippen LogP contribution in [-0.4, -0.2) is 65.9 Å². The first kappa shape index (κ1) is 31.7. The van der Waals surface area contributed by atoms with E-state index in [2.05, 4.69) is 10.5 Å². The summed E-state index contributed by atoms with van der Waals surface area (Å²) >= 11 is 6.34. The van der Waals surface area contributed by atoms with Gasteiger partial charge in [0.15, 0.2) is 0 Å². The van der Waals surface area contributed by atoms with Gasteiger partial charge in [-0.1, -0.05) is 56.8 Å². The van der Waals surface area contributed by atoms with E-state index in [1.165, 1.54) is 18.4 Å². The lowest BCUT2D eigenvalue weighted by Gasteiger charge is -2.35. The quantitative estimate of drug-likeness (QED) is 0.171. The molecule has 0 radical (unpaired) electrons. The maximum absolute atomic E-state index is 14.0. The monoisotopic (exact) mass is 577 g/mol. The molecular weight excluding hydrogens is 534 g/mol. The maximum Gasteiger partial charge on any atom is 0.328 e. The van der Waals surface area contributed by atoms with Gasteiger partial charge in [0.1, 0.15) is 17.8 Å². The lowest BCUT2D eigenvalue weighted by molar-refractivity contribution is -0.153. The zero-order valence-corrected chi connectivity index (χ0v) is 25.1. The highest BCUT2D eigenvalue weighted by Gasteiger charge is 2.45. The number of nitrogens with one attached hydrogen (secondary N) is 1. The minimum atomic E-state index is -0.801. The van der Waals surface area contributed by atoms with E-state index in [4.69, 9.17) is 21.1 Å². The van der Waals surface area contributed by atoms with E-state index in [9.17, 15) is 19.6 Å². The van der Waals surface area contributed by atoms with Crippen molar-refractivity contribution in [3.8, 4) is 5.75 Å². The van der Waals surface area contributed by atoms with Gasteiger partial charge in [-0.25, -0.2) is 4.79 Å². The summed E-state index contributed by atoms with van der Waals surface area (Å²) in [6.07, 6.45) is 6.61. The molecule has 1 heterocycles. The number of carbonyl (C=O) groups excluding carboxylic acids is 3. The zero-order valence-electron chi connectivity index (χ0n) is 24.4. The number of esters is 1. The van der Waals surface area contributed by atoms with Crippen molar-refractivity contribution in [2.24, 2.45) is 22.4 Å². The molecule has 1 saturated carbocycles. The predicted molar refractivity (Wildman–Crippen MR) is 154 cm³/mol. The summed E-state index contributed by atoms with van der Waals surface area (Å²) in [5.41, 5.74) is 0.438. The van der Waals surface area contributed by atoms with Crippen LogP contribution in [-0.2, 0) is 19.1 Å². The smallest absolute Gasteiger partial charge is 0.328 e. The zero-order chi connectivity index (χ0) is 29.4. The van der Waals surface area contributed by atoms with Crippen LogP contribution >= 0.6 is 11.6 Å². The van der Waals surface area contributed by atoms with Crippen molar-refractivity contribution in [3.05, 3.63) is 28.8 Å². The Morgan fingerprint density at radius 1 is 1.15 bits per heavy atom. The number of halogens is 1. The third kappa shape index (κ3) is 8.12. The van der Waals surface area contributed by atoms with Crippen molar-refractivity contribution in [2.75, 3.05) is 20.3 Å².